The summed E-state index contributed by atoms with van der Waals surface area (Å²) in [4.78, 5) is 10.2. The van der Waals surface area contributed by atoms with Gasteiger partial charge >= 0.3 is 5.97 Å². The first-order chi connectivity index (χ1) is 6.54. The third kappa shape index (κ3) is 11.4. The van der Waals surface area contributed by atoms with E-state index in [2.05, 4.69) is 26.1 Å². The minimum Gasteiger partial charge on any atom is -0.481 e. The normalized spacial score (nSPS) is 19.1. The van der Waals surface area contributed by atoms with Crippen LogP contribution in [0.4, 0.5) is 0 Å². The van der Waals surface area contributed by atoms with Crippen LogP contribution in [0.3, 0.4) is 0 Å². The fourth-order valence-corrected chi connectivity index (χ4v) is 0.865. The standard InChI is InChI=1S/C5H9NO2.C4H10.C2H6/c7-5(8)4-1-2-6-3-4;1-4(2)3;1-2/h4,6H,1-3H2,(H,7,8);4H,1-3H3;1-2H3. The largest absolute Gasteiger partial charge is 0.481 e. The lowest BCUT2D eigenvalue weighted by atomic mass is 10.1. The molecule has 3 heteroatoms. The van der Waals surface area contributed by atoms with Crippen molar-refractivity contribution in [1.82, 2.24) is 5.32 Å². The third-order valence-electron chi connectivity index (χ3n) is 1.41. The van der Waals surface area contributed by atoms with Gasteiger partial charge in [0.1, 0.15) is 0 Å². The van der Waals surface area contributed by atoms with Crippen LogP contribution in [0.1, 0.15) is 41.0 Å². The van der Waals surface area contributed by atoms with Gasteiger partial charge in [0.25, 0.3) is 0 Å². The molecule has 1 fully saturated rings. The van der Waals surface area contributed by atoms with E-state index in [4.69, 9.17) is 5.11 Å². The maximum atomic E-state index is 10.2. The van der Waals surface area contributed by atoms with Crippen molar-refractivity contribution >= 4 is 5.97 Å². The molecule has 0 aliphatic carbocycles. The number of hydrogen-bond acceptors (Lipinski definition) is 2. The molecule has 1 unspecified atom stereocenters. The molecule has 1 saturated heterocycles. The Morgan fingerprint density at radius 3 is 1.93 bits per heavy atom. The molecule has 0 aromatic carbocycles. The second-order valence-electron chi connectivity index (χ2n) is 3.76. The second-order valence-corrected chi connectivity index (χ2v) is 3.76. The van der Waals surface area contributed by atoms with Crippen LogP contribution in [-0.2, 0) is 4.79 Å². The molecule has 86 valence electrons. The van der Waals surface area contributed by atoms with Gasteiger partial charge in [0.15, 0.2) is 0 Å². The van der Waals surface area contributed by atoms with Gasteiger partial charge in [-0.15, -0.1) is 0 Å². The summed E-state index contributed by atoms with van der Waals surface area (Å²) in [5.74, 6) is 0.0324. The zero-order chi connectivity index (χ0) is 11.6. The van der Waals surface area contributed by atoms with Crippen LogP contribution in [0.25, 0.3) is 0 Å². The first-order valence-electron chi connectivity index (χ1n) is 5.47. The predicted molar refractivity (Wildman–Crippen MR) is 60.5 cm³/mol. The molecule has 0 aromatic heterocycles. The van der Waals surface area contributed by atoms with Crippen LogP contribution in [0, 0.1) is 11.8 Å². The minimum absolute atomic E-state index is 0.130. The number of carboxylic acids is 1. The number of hydrogen-bond donors (Lipinski definition) is 2. The molecule has 0 saturated carbocycles. The molecule has 0 aromatic rings. The molecular weight excluding hydrogens is 178 g/mol. The molecule has 1 aliphatic rings. The number of aliphatic carboxylic acids is 1. The van der Waals surface area contributed by atoms with Gasteiger partial charge in [0, 0.05) is 6.54 Å². The zero-order valence-electron chi connectivity index (χ0n) is 10.1. The Morgan fingerprint density at radius 1 is 1.36 bits per heavy atom. The number of carboxylic acid groups (broad SMARTS) is 1. The monoisotopic (exact) mass is 203 g/mol. The van der Waals surface area contributed by atoms with E-state index in [0.29, 0.717) is 6.54 Å². The van der Waals surface area contributed by atoms with E-state index in [0.717, 1.165) is 18.9 Å². The summed E-state index contributed by atoms with van der Waals surface area (Å²) < 4.78 is 0. The van der Waals surface area contributed by atoms with Crippen molar-refractivity contribution in [3.63, 3.8) is 0 Å². The lowest BCUT2D eigenvalue weighted by molar-refractivity contribution is -0.140. The van der Waals surface area contributed by atoms with E-state index < -0.39 is 5.97 Å². The second kappa shape index (κ2) is 10.5. The molecule has 0 bridgehead atoms. The summed E-state index contributed by atoms with van der Waals surface area (Å²) in [5, 5.41) is 11.3. The van der Waals surface area contributed by atoms with Gasteiger partial charge in [-0.2, -0.15) is 0 Å². The summed E-state index contributed by atoms with van der Waals surface area (Å²) in [5.41, 5.74) is 0. The van der Waals surface area contributed by atoms with Crippen LogP contribution >= 0.6 is 0 Å². The summed E-state index contributed by atoms with van der Waals surface area (Å²) in [7, 11) is 0. The van der Waals surface area contributed by atoms with Crippen molar-refractivity contribution in [2.24, 2.45) is 11.8 Å². The van der Waals surface area contributed by atoms with Crippen molar-refractivity contribution in [2.45, 2.75) is 41.0 Å². The molecule has 3 nitrogen and oxygen atoms in total. The molecule has 2 N–H and O–H groups in total. The summed E-state index contributed by atoms with van der Waals surface area (Å²) in [6.45, 7) is 12.0. The highest BCUT2D eigenvalue weighted by atomic mass is 16.4. The van der Waals surface area contributed by atoms with E-state index in [9.17, 15) is 4.79 Å². The smallest absolute Gasteiger partial charge is 0.307 e. The van der Waals surface area contributed by atoms with E-state index in [-0.39, 0.29) is 5.92 Å². The Labute approximate surface area is 87.9 Å². The SMILES string of the molecule is CC.CC(C)C.O=C(O)C1CCNC1. The van der Waals surface area contributed by atoms with Gasteiger partial charge in [0.2, 0.25) is 0 Å². The van der Waals surface area contributed by atoms with Crippen LogP contribution < -0.4 is 5.32 Å². The van der Waals surface area contributed by atoms with E-state index in [1.165, 1.54) is 0 Å². The molecule has 1 heterocycles. The van der Waals surface area contributed by atoms with Gasteiger partial charge in [0.05, 0.1) is 5.92 Å². The Hall–Kier alpha value is -0.570. The van der Waals surface area contributed by atoms with Gasteiger partial charge in [-0.05, 0) is 18.9 Å². The lowest BCUT2D eigenvalue weighted by Gasteiger charge is -1.96. The molecule has 14 heavy (non-hydrogen) atoms. The van der Waals surface area contributed by atoms with E-state index in [1.807, 2.05) is 13.8 Å². The number of carbonyl (C=O) groups is 1. The Bertz CT molecular complexity index is 126. The number of nitrogens with one attached hydrogen (secondary N) is 1. The molecule has 1 aliphatic heterocycles. The van der Waals surface area contributed by atoms with Crippen LogP contribution in [0.2, 0.25) is 0 Å². The maximum Gasteiger partial charge on any atom is 0.307 e. The maximum absolute atomic E-state index is 10.2. The molecule has 0 amide bonds. The van der Waals surface area contributed by atoms with Crippen LogP contribution in [0.15, 0.2) is 0 Å². The molecular formula is C11H25NO2. The molecule has 0 radical (unpaired) electrons. The molecule has 0 spiro atoms. The molecule has 1 rings (SSSR count). The van der Waals surface area contributed by atoms with E-state index in [1.54, 1.807) is 0 Å². The fourth-order valence-electron chi connectivity index (χ4n) is 0.865. The van der Waals surface area contributed by atoms with Gasteiger partial charge < -0.3 is 10.4 Å². The highest BCUT2D eigenvalue weighted by molar-refractivity contribution is 5.70. The fraction of sp³-hybridized carbons (Fsp3) is 0.909. The highest BCUT2D eigenvalue weighted by Gasteiger charge is 2.20. The van der Waals surface area contributed by atoms with Crippen molar-refractivity contribution < 1.29 is 9.90 Å². The summed E-state index contributed by atoms with van der Waals surface area (Å²) in [6, 6.07) is 0. The van der Waals surface area contributed by atoms with Crippen LogP contribution in [-0.4, -0.2) is 24.2 Å². The van der Waals surface area contributed by atoms with Crippen molar-refractivity contribution in [2.75, 3.05) is 13.1 Å². The van der Waals surface area contributed by atoms with Crippen molar-refractivity contribution in [3.05, 3.63) is 0 Å². The topological polar surface area (TPSA) is 49.3 Å². The Balaban J connectivity index is 0. The average Bonchev–Trinajstić information content (AvgIpc) is 2.58. The average molecular weight is 203 g/mol. The van der Waals surface area contributed by atoms with Gasteiger partial charge in [-0.25, -0.2) is 0 Å². The quantitative estimate of drug-likeness (QED) is 0.688. The zero-order valence-corrected chi connectivity index (χ0v) is 10.1. The Morgan fingerprint density at radius 2 is 1.79 bits per heavy atom. The minimum atomic E-state index is -0.671. The molecule has 1 atom stereocenters. The van der Waals surface area contributed by atoms with Gasteiger partial charge in [-0.3, -0.25) is 4.79 Å². The first kappa shape index (κ1) is 15.9. The van der Waals surface area contributed by atoms with Crippen LogP contribution in [0.5, 0.6) is 0 Å². The highest BCUT2D eigenvalue weighted by Crippen LogP contribution is 2.05. The van der Waals surface area contributed by atoms with Crippen molar-refractivity contribution in [3.8, 4) is 0 Å². The Kier molecular flexibility index (Phi) is 11.9. The lowest BCUT2D eigenvalue weighted by Crippen LogP contribution is -2.16. The third-order valence-corrected chi connectivity index (χ3v) is 1.41. The first-order valence-corrected chi connectivity index (χ1v) is 5.47. The summed E-state index contributed by atoms with van der Waals surface area (Å²) >= 11 is 0. The van der Waals surface area contributed by atoms with Crippen molar-refractivity contribution in [1.29, 1.82) is 0 Å². The van der Waals surface area contributed by atoms with Gasteiger partial charge in [-0.1, -0.05) is 34.6 Å². The summed E-state index contributed by atoms with van der Waals surface area (Å²) in [6.07, 6.45) is 0.787. The predicted octanol–water partition coefficient (Wildman–Crippen LogP) is 2.37. The van der Waals surface area contributed by atoms with E-state index >= 15 is 0 Å². The number of rotatable bonds is 1.